The number of fused-ring (bicyclic) bond motifs is 1. The Morgan fingerprint density at radius 3 is 2.24 bits per heavy atom. The normalized spacial score (nSPS) is 12.1. The van der Waals surface area contributed by atoms with E-state index >= 15 is 0 Å². The highest BCUT2D eigenvalue weighted by Crippen LogP contribution is 2.36. The predicted molar refractivity (Wildman–Crippen MR) is 133 cm³/mol. The van der Waals surface area contributed by atoms with Crippen LogP contribution in [0.4, 0.5) is 0 Å². The van der Waals surface area contributed by atoms with Crippen molar-refractivity contribution in [1.82, 2.24) is 19.7 Å². The number of hydrogen-bond donors (Lipinski definition) is 1. The Balaban J connectivity index is 1.65. The fourth-order valence-electron chi connectivity index (χ4n) is 3.89. The molecular weight excluding hydrogens is 471 g/mol. The molecule has 0 spiro atoms. The smallest absolute Gasteiger partial charge is 0.335 e. The predicted octanol–water partition coefficient (Wildman–Crippen LogP) is 6.77. The van der Waals surface area contributed by atoms with Gasteiger partial charge in [0.1, 0.15) is 5.69 Å². The van der Waals surface area contributed by atoms with Gasteiger partial charge in [0, 0.05) is 39.8 Å². The Hall–Kier alpha value is -3.74. The molecule has 5 rings (SSSR count). The first-order chi connectivity index (χ1) is 16.4. The molecule has 34 heavy (non-hydrogen) atoms. The van der Waals surface area contributed by atoms with Gasteiger partial charge in [-0.2, -0.15) is 5.10 Å². The van der Waals surface area contributed by atoms with Crippen LogP contribution < -0.4 is 0 Å². The number of hydrogen-bond acceptors (Lipinski definition) is 4. The molecule has 2 heterocycles. The van der Waals surface area contributed by atoms with Crippen LogP contribution in [0.25, 0.3) is 33.4 Å². The second-order valence-electron chi connectivity index (χ2n) is 7.89. The van der Waals surface area contributed by atoms with E-state index < -0.39 is 5.97 Å². The summed E-state index contributed by atoms with van der Waals surface area (Å²) in [4.78, 5) is 20.0. The third-order valence-corrected chi connectivity index (χ3v) is 6.12. The molecule has 0 fully saturated rings. The molecule has 1 N–H and O–H groups in total. The standard InChI is InChI=1S/C26H18Cl2N4O2/c1-15(16-2-4-17(5-3-16)26(33)34)32-14-22(18-6-7-23-24(12-18)30-9-8-29-23)25(31-32)19-10-20(27)13-21(28)11-19/h2-15H,1H3,(H,33,34). The second-order valence-corrected chi connectivity index (χ2v) is 8.77. The Morgan fingerprint density at radius 1 is 0.882 bits per heavy atom. The van der Waals surface area contributed by atoms with Gasteiger partial charge in [-0.25, -0.2) is 4.79 Å². The summed E-state index contributed by atoms with van der Waals surface area (Å²) in [6.45, 7) is 2.01. The number of aromatic nitrogens is 4. The van der Waals surface area contributed by atoms with Crippen LogP contribution in [0.2, 0.25) is 10.0 Å². The maximum absolute atomic E-state index is 11.2. The Kier molecular flexibility index (Phi) is 5.77. The maximum atomic E-state index is 11.2. The van der Waals surface area contributed by atoms with Crippen molar-refractivity contribution in [3.8, 4) is 22.4 Å². The summed E-state index contributed by atoms with van der Waals surface area (Å²) in [5.74, 6) is -0.958. The molecule has 6 nitrogen and oxygen atoms in total. The topological polar surface area (TPSA) is 80.9 Å². The molecule has 0 aliphatic rings. The highest BCUT2D eigenvalue weighted by Gasteiger charge is 2.19. The number of carbonyl (C=O) groups is 1. The lowest BCUT2D eigenvalue weighted by Gasteiger charge is -2.13. The van der Waals surface area contributed by atoms with Crippen molar-refractivity contribution in [2.45, 2.75) is 13.0 Å². The van der Waals surface area contributed by atoms with E-state index in [1.165, 1.54) is 0 Å². The molecular formula is C26H18Cl2N4O2. The average molecular weight is 489 g/mol. The number of rotatable bonds is 5. The highest BCUT2D eigenvalue weighted by molar-refractivity contribution is 6.35. The van der Waals surface area contributed by atoms with Gasteiger partial charge in [-0.05, 0) is 60.5 Å². The molecule has 0 amide bonds. The van der Waals surface area contributed by atoms with E-state index in [9.17, 15) is 9.90 Å². The van der Waals surface area contributed by atoms with E-state index in [-0.39, 0.29) is 11.6 Å². The van der Waals surface area contributed by atoms with E-state index in [1.54, 1.807) is 42.7 Å². The Bertz CT molecular complexity index is 1510. The SMILES string of the molecule is CC(c1ccc(C(=O)O)cc1)n1cc(-c2ccc3nccnc3c2)c(-c2cc(Cl)cc(Cl)c2)n1. The molecule has 3 aromatic carbocycles. The number of nitrogens with zero attached hydrogens (tertiary/aromatic N) is 4. The Labute approximate surface area is 205 Å². The fraction of sp³-hybridized carbons (Fsp3) is 0.0769. The minimum Gasteiger partial charge on any atom is -0.478 e. The van der Waals surface area contributed by atoms with Gasteiger partial charge in [-0.1, -0.05) is 41.4 Å². The summed E-state index contributed by atoms with van der Waals surface area (Å²) in [6, 6.07) is 17.9. The first-order valence-corrected chi connectivity index (χ1v) is 11.2. The molecule has 5 aromatic rings. The molecule has 0 aliphatic heterocycles. The first-order valence-electron chi connectivity index (χ1n) is 10.5. The summed E-state index contributed by atoms with van der Waals surface area (Å²) < 4.78 is 1.86. The summed E-state index contributed by atoms with van der Waals surface area (Å²) >= 11 is 12.6. The minimum atomic E-state index is -0.958. The molecule has 0 radical (unpaired) electrons. The monoisotopic (exact) mass is 488 g/mol. The molecule has 0 saturated carbocycles. The second kappa shape index (κ2) is 8.89. The van der Waals surface area contributed by atoms with E-state index in [0.29, 0.717) is 10.0 Å². The summed E-state index contributed by atoms with van der Waals surface area (Å²) in [6.07, 6.45) is 5.30. The number of benzene rings is 3. The summed E-state index contributed by atoms with van der Waals surface area (Å²) in [7, 11) is 0. The van der Waals surface area contributed by atoms with Gasteiger partial charge in [-0.3, -0.25) is 14.6 Å². The number of carboxylic acids is 1. The van der Waals surface area contributed by atoms with E-state index in [2.05, 4.69) is 9.97 Å². The van der Waals surface area contributed by atoms with Crippen LogP contribution in [-0.2, 0) is 0 Å². The van der Waals surface area contributed by atoms with Crippen molar-refractivity contribution in [2.75, 3.05) is 0 Å². The van der Waals surface area contributed by atoms with Crippen LogP contribution in [0.5, 0.6) is 0 Å². The molecule has 8 heteroatoms. The number of carboxylic acid groups (broad SMARTS) is 1. The number of halogens is 2. The zero-order valence-electron chi connectivity index (χ0n) is 18.0. The summed E-state index contributed by atoms with van der Waals surface area (Å²) in [5, 5.41) is 15.1. The molecule has 1 atom stereocenters. The number of aromatic carboxylic acids is 1. The van der Waals surface area contributed by atoms with Gasteiger partial charge in [0.15, 0.2) is 0 Å². The third-order valence-electron chi connectivity index (χ3n) is 5.69. The lowest BCUT2D eigenvalue weighted by molar-refractivity contribution is 0.0697. The summed E-state index contributed by atoms with van der Waals surface area (Å²) in [5.41, 5.74) is 6.08. The zero-order valence-corrected chi connectivity index (χ0v) is 19.5. The van der Waals surface area contributed by atoms with Gasteiger partial charge in [0.05, 0.1) is 22.6 Å². The Morgan fingerprint density at radius 2 is 1.56 bits per heavy atom. The molecule has 1 unspecified atom stereocenters. The largest absolute Gasteiger partial charge is 0.478 e. The molecule has 0 bridgehead atoms. The van der Waals surface area contributed by atoms with Gasteiger partial charge >= 0.3 is 5.97 Å². The van der Waals surface area contributed by atoms with E-state index in [4.69, 9.17) is 28.3 Å². The van der Waals surface area contributed by atoms with Crippen LogP contribution in [0.3, 0.4) is 0 Å². The van der Waals surface area contributed by atoms with Crippen molar-refractivity contribution >= 4 is 40.2 Å². The fourth-order valence-corrected chi connectivity index (χ4v) is 4.42. The average Bonchev–Trinajstić information content (AvgIpc) is 3.28. The van der Waals surface area contributed by atoms with Gasteiger partial charge in [0.2, 0.25) is 0 Å². The third kappa shape index (κ3) is 4.25. The lowest BCUT2D eigenvalue weighted by Crippen LogP contribution is -2.08. The van der Waals surface area contributed by atoms with Crippen LogP contribution >= 0.6 is 23.2 Å². The maximum Gasteiger partial charge on any atom is 0.335 e. The molecule has 0 aliphatic carbocycles. The molecule has 2 aromatic heterocycles. The zero-order chi connectivity index (χ0) is 23.8. The molecule has 168 valence electrons. The van der Waals surface area contributed by atoms with Crippen LogP contribution in [0.1, 0.15) is 28.9 Å². The highest BCUT2D eigenvalue weighted by atomic mass is 35.5. The molecule has 0 saturated heterocycles. The van der Waals surface area contributed by atoms with Crippen LogP contribution in [0.15, 0.2) is 79.3 Å². The van der Waals surface area contributed by atoms with Crippen molar-refractivity contribution in [3.05, 3.63) is 100 Å². The quantitative estimate of drug-likeness (QED) is 0.295. The van der Waals surface area contributed by atoms with Crippen molar-refractivity contribution < 1.29 is 9.90 Å². The van der Waals surface area contributed by atoms with Gasteiger partial charge in [-0.15, -0.1) is 0 Å². The lowest BCUT2D eigenvalue weighted by atomic mass is 10.0. The minimum absolute atomic E-state index is 0.148. The van der Waals surface area contributed by atoms with Gasteiger partial charge in [0.25, 0.3) is 0 Å². The van der Waals surface area contributed by atoms with Crippen molar-refractivity contribution in [2.24, 2.45) is 0 Å². The van der Waals surface area contributed by atoms with Crippen LogP contribution in [-0.4, -0.2) is 30.8 Å². The first kappa shape index (κ1) is 22.1. The van der Waals surface area contributed by atoms with Crippen molar-refractivity contribution in [1.29, 1.82) is 0 Å². The van der Waals surface area contributed by atoms with Gasteiger partial charge < -0.3 is 5.11 Å². The van der Waals surface area contributed by atoms with Crippen molar-refractivity contribution in [3.63, 3.8) is 0 Å². The van der Waals surface area contributed by atoms with E-state index in [1.807, 2.05) is 48.1 Å². The van der Waals surface area contributed by atoms with E-state index in [0.717, 1.165) is 39.0 Å². The van der Waals surface area contributed by atoms with Crippen LogP contribution in [0, 0.1) is 0 Å².